The number of nitrogens with zero attached hydrogens (tertiary/aromatic N) is 18. The molecule has 6 aromatic heterocycles. The van der Waals surface area contributed by atoms with Gasteiger partial charge < -0.3 is 73.6 Å². The van der Waals surface area contributed by atoms with E-state index in [0.717, 1.165) is 126 Å². The number of aromatic carboxylic acids is 8. The number of azo groups is 2. The third-order valence-electron chi connectivity index (χ3n) is 13.0. The molecule has 10 aromatic rings. The van der Waals surface area contributed by atoms with Crippen LogP contribution in [-0.2, 0) is 10.8 Å². The maximum atomic E-state index is 12.0. The Balaban J connectivity index is 0.905. The van der Waals surface area contributed by atoms with Gasteiger partial charge in [-0.05, 0) is 94.4 Å². The van der Waals surface area contributed by atoms with Gasteiger partial charge in [-0.25, -0.2) is 38.4 Å². The second kappa shape index (κ2) is 27.9. The normalized spacial score (nSPS) is 11.6. The van der Waals surface area contributed by atoms with Gasteiger partial charge in [-0.2, -0.15) is 49.5 Å². The molecular formula is C56H46N24O16S4. The molecule has 0 fully saturated rings. The fourth-order valence-corrected chi connectivity index (χ4v) is 12.3. The lowest BCUT2D eigenvalue weighted by Gasteiger charge is -2.15. The van der Waals surface area contributed by atoms with Gasteiger partial charge in [-0.1, -0.05) is 64.2 Å². The predicted molar refractivity (Wildman–Crippen MR) is 355 cm³/mol. The highest BCUT2D eigenvalue weighted by molar-refractivity contribution is 8.77. The lowest BCUT2D eigenvalue weighted by atomic mass is 9.91. The van der Waals surface area contributed by atoms with Crippen molar-refractivity contribution in [3.63, 3.8) is 0 Å². The smallest absolute Gasteiger partial charge is 0.335 e. The van der Waals surface area contributed by atoms with Crippen molar-refractivity contribution >= 4 is 172 Å². The Hall–Kier alpha value is -13.1. The largest absolute Gasteiger partial charge is 0.478 e. The maximum Gasteiger partial charge on any atom is 0.335 e. The third kappa shape index (κ3) is 16.2. The zero-order chi connectivity index (χ0) is 72.4. The van der Waals surface area contributed by atoms with Crippen molar-refractivity contribution < 1.29 is 79.2 Å². The minimum absolute atomic E-state index is 0.0210. The number of hydrogen-bond donors (Lipinski definition) is 14. The van der Waals surface area contributed by atoms with Crippen LogP contribution < -0.4 is 32.7 Å². The first-order valence-electron chi connectivity index (χ1n) is 27.8. The van der Waals surface area contributed by atoms with Gasteiger partial charge in [-0.3, -0.25) is 0 Å². The Morgan fingerprint density at radius 3 is 0.840 bits per heavy atom. The molecule has 510 valence electrons. The summed E-state index contributed by atoms with van der Waals surface area (Å²) in [7, 11) is 2.25. The molecule has 44 heteroatoms. The van der Waals surface area contributed by atoms with Gasteiger partial charge in [-0.15, -0.1) is 40.9 Å². The average molecular weight is 1440 g/mol. The molecule has 0 saturated heterocycles. The second-order valence-electron chi connectivity index (χ2n) is 22.5. The Labute approximate surface area is 572 Å². The van der Waals surface area contributed by atoms with Crippen molar-refractivity contribution in [1.29, 1.82) is 0 Å². The number of carbonyl (C=O) groups is 8. The fraction of sp³-hybridized carbons (Fsp3) is 0.143. The van der Waals surface area contributed by atoms with Crippen LogP contribution in [0.3, 0.4) is 0 Å². The number of carboxylic acids is 8. The van der Waals surface area contributed by atoms with Gasteiger partial charge in [0.15, 0.2) is 31.7 Å². The van der Waals surface area contributed by atoms with Crippen molar-refractivity contribution in [2.75, 3.05) is 32.7 Å². The number of nitrogen functional groups attached to an aromatic ring is 2. The number of rotatable bonds is 25. The van der Waals surface area contributed by atoms with Crippen LogP contribution in [0.4, 0.5) is 79.8 Å². The number of nitrogens with one attached hydrogen (secondary N) is 4. The molecular weight excluding hydrogens is 1390 g/mol. The van der Waals surface area contributed by atoms with Crippen LogP contribution in [0.1, 0.15) is 136 Å². The van der Waals surface area contributed by atoms with Crippen molar-refractivity contribution in [3.8, 4) is 11.9 Å². The number of carboxylic acid groups (broad SMARTS) is 8. The summed E-state index contributed by atoms with van der Waals surface area (Å²) in [5.74, 6) is -14.1. The highest BCUT2D eigenvalue weighted by Crippen LogP contribution is 2.45. The third-order valence-corrected chi connectivity index (χ3v) is 17.6. The predicted octanol–water partition coefficient (Wildman–Crippen LogP) is 10.1. The summed E-state index contributed by atoms with van der Waals surface area (Å²) in [5.41, 5.74) is 8.70. The molecule has 0 bridgehead atoms. The Kier molecular flexibility index (Phi) is 19.5. The van der Waals surface area contributed by atoms with E-state index in [9.17, 15) is 79.2 Å². The molecule has 0 spiro atoms. The molecule has 0 unspecified atom stereocenters. The van der Waals surface area contributed by atoms with Gasteiger partial charge in [0.2, 0.25) is 23.8 Å². The monoisotopic (exact) mass is 1440 g/mol. The maximum absolute atomic E-state index is 12.0. The summed E-state index contributed by atoms with van der Waals surface area (Å²) in [4.78, 5) is 122. The summed E-state index contributed by atoms with van der Waals surface area (Å²) in [5, 5.41) is 133. The summed E-state index contributed by atoms with van der Waals surface area (Å²) in [6, 6.07) is 12.6. The van der Waals surface area contributed by atoms with Gasteiger partial charge in [0, 0.05) is 33.6 Å². The first kappa shape index (κ1) is 69.7. The Morgan fingerprint density at radius 1 is 0.380 bits per heavy atom. The summed E-state index contributed by atoms with van der Waals surface area (Å²) in [6.45, 7) is 10.7. The second-order valence-corrected chi connectivity index (χ2v) is 27.0. The molecule has 0 amide bonds. The molecule has 10 rings (SSSR count). The van der Waals surface area contributed by atoms with E-state index in [0.29, 0.717) is 8.68 Å². The number of aromatic nitrogens is 14. The van der Waals surface area contributed by atoms with E-state index in [-0.39, 0.29) is 103 Å². The number of anilines is 10. The van der Waals surface area contributed by atoms with E-state index in [1.165, 1.54) is 0 Å². The van der Waals surface area contributed by atoms with Crippen LogP contribution in [-0.4, -0.2) is 158 Å². The molecule has 6 heterocycles. The molecule has 0 aliphatic carbocycles. The Bertz CT molecular complexity index is 4480. The molecule has 40 nitrogen and oxygen atoms in total. The van der Waals surface area contributed by atoms with Crippen LogP contribution in [0.5, 0.6) is 0 Å². The van der Waals surface area contributed by atoms with E-state index in [4.69, 9.17) is 11.5 Å². The quantitative estimate of drug-likeness (QED) is 0.0187. The number of nitrogens with two attached hydrogens (primary N) is 2. The Morgan fingerprint density at radius 2 is 0.620 bits per heavy atom. The fourth-order valence-electron chi connectivity index (χ4n) is 8.61. The van der Waals surface area contributed by atoms with Crippen LogP contribution in [0.2, 0.25) is 0 Å². The first-order chi connectivity index (χ1) is 47.1. The minimum Gasteiger partial charge on any atom is -0.478 e. The van der Waals surface area contributed by atoms with E-state index in [1.54, 1.807) is 41.5 Å². The molecule has 0 saturated carbocycles. The highest BCUT2D eigenvalue weighted by atomic mass is 33.1. The first-order valence-corrected chi connectivity index (χ1v) is 31.6. The molecule has 100 heavy (non-hydrogen) atoms. The molecule has 0 aliphatic heterocycles. The minimum atomic E-state index is -1.46. The van der Waals surface area contributed by atoms with Gasteiger partial charge >= 0.3 is 47.8 Å². The van der Waals surface area contributed by atoms with Crippen molar-refractivity contribution in [3.05, 3.63) is 129 Å². The standard InChI is InChI=1S/C56H46N24O16S4/c1-55(2,3)33-31(35(57)79(77-33)49-65-45(59-27-11-19(37(81)82)7-20(12-27)38(83)84)63-46(66-49)60-28-13-21(39(85)86)8-22(14-28)40(87)88)69-71-51-73-75-53(97-51)99-100-54-76-74-52(98-54)72-70-32-34(56(4,5)6)78-80(36(32)58)50-67-47(61-29-15-23(41(89)90)9-24(16-29)42(91)92)64-48(68-50)62-30-17-25(43(93)94)10-26(18-30)44(95)96/h7-18H,57-58H2,1-6H3,(H,81,82)(H,83,84)(H,85,86)(H,87,88)(H,89,90)(H,91,92)(H,93,94)(H,95,96)(H2,59,60,63,65,66)(H2,61,62,64,67,68). The lowest BCUT2D eigenvalue weighted by molar-refractivity contribution is 0.0676. The van der Waals surface area contributed by atoms with E-state index in [2.05, 4.69) is 102 Å². The van der Waals surface area contributed by atoms with Gasteiger partial charge in [0.25, 0.3) is 22.2 Å². The van der Waals surface area contributed by atoms with Crippen molar-refractivity contribution in [2.45, 2.75) is 61.1 Å². The summed E-state index contributed by atoms with van der Waals surface area (Å²) < 4.78 is 2.87. The van der Waals surface area contributed by atoms with Crippen LogP contribution in [0.25, 0.3) is 11.9 Å². The summed E-state index contributed by atoms with van der Waals surface area (Å²) in [6.07, 6.45) is 0. The summed E-state index contributed by atoms with van der Waals surface area (Å²) >= 11 is 2.04. The van der Waals surface area contributed by atoms with E-state index >= 15 is 0 Å². The molecule has 0 aliphatic rings. The van der Waals surface area contributed by atoms with Crippen molar-refractivity contribution in [1.82, 2.24) is 69.9 Å². The van der Waals surface area contributed by atoms with Crippen molar-refractivity contribution in [2.24, 2.45) is 20.5 Å². The zero-order valence-electron chi connectivity index (χ0n) is 51.6. The highest BCUT2D eigenvalue weighted by Gasteiger charge is 2.31. The van der Waals surface area contributed by atoms with Crippen LogP contribution >= 0.6 is 44.3 Å². The van der Waals surface area contributed by atoms with E-state index < -0.39 is 103 Å². The lowest BCUT2D eigenvalue weighted by Crippen LogP contribution is -2.15. The van der Waals surface area contributed by atoms with Gasteiger partial charge in [0.1, 0.15) is 0 Å². The number of hydrogen-bond acceptors (Lipinski definition) is 34. The topological polar surface area (TPSA) is 613 Å². The zero-order valence-corrected chi connectivity index (χ0v) is 54.9. The average Bonchev–Trinajstić information content (AvgIpc) is 1.61. The van der Waals surface area contributed by atoms with Crippen LogP contribution in [0.15, 0.2) is 102 Å². The molecule has 0 atom stereocenters. The molecule has 16 N–H and O–H groups in total. The number of benzene rings is 4. The van der Waals surface area contributed by atoms with Crippen LogP contribution in [0, 0.1) is 0 Å². The van der Waals surface area contributed by atoms with E-state index in [1.807, 2.05) is 0 Å². The SMILES string of the molecule is CC(C)(C)c1nn(-c2nc(Nc3cc(C(=O)O)cc(C(=O)O)c3)nc(Nc3cc(C(=O)O)cc(C(=O)O)c3)n2)c(N)c1N=Nc1nnc(SSc2nnc(N=Nc3c(C(C)(C)C)nn(-c4nc(Nc5cc(C(=O)O)cc(C(=O)O)c5)nc(Nc5cc(C(=O)O)cc(C(=O)O)c5)n4)c3N)s2)s1. The molecule has 4 aromatic carbocycles. The van der Waals surface area contributed by atoms with Gasteiger partial charge in [0.05, 0.1) is 55.9 Å². The molecule has 0 radical (unpaired) electrons.